The van der Waals surface area contributed by atoms with Crippen molar-refractivity contribution in [3.63, 3.8) is 0 Å². The molecule has 1 aliphatic carbocycles. The summed E-state index contributed by atoms with van der Waals surface area (Å²) >= 11 is 0. The summed E-state index contributed by atoms with van der Waals surface area (Å²) in [5.74, 6) is -1.54. The summed E-state index contributed by atoms with van der Waals surface area (Å²) in [5, 5.41) is 19.2. The number of anilines is 1. The Morgan fingerprint density at radius 2 is 1.90 bits per heavy atom. The zero-order valence-electron chi connectivity index (χ0n) is 16.0. The van der Waals surface area contributed by atoms with Crippen LogP contribution in [0.5, 0.6) is 5.75 Å². The second-order valence-electron chi connectivity index (χ2n) is 7.24. The average Bonchev–Trinajstić information content (AvgIpc) is 2.71. The smallest absolute Gasteiger partial charge is 0.335 e. The molecule has 30 heavy (non-hydrogen) atoms. The van der Waals surface area contributed by atoms with E-state index in [0.717, 1.165) is 0 Å². The monoisotopic (exact) mass is 412 g/mol. The van der Waals surface area contributed by atoms with Crippen LogP contribution in [-0.2, 0) is 5.54 Å². The molecule has 0 unspecified atom stereocenters. The van der Waals surface area contributed by atoms with Gasteiger partial charge in [-0.2, -0.15) is 0 Å². The fourth-order valence-electron chi connectivity index (χ4n) is 3.75. The van der Waals surface area contributed by atoms with Crippen molar-refractivity contribution in [2.75, 3.05) is 11.9 Å². The highest BCUT2D eigenvalue weighted by Gasteiger charge is 2.52. The van der Waals surface area contributed by atoms with E-state index < -0.39 is 23.5 Å². The maximum Gasteiger partial charge on any atom is 0.335 e. The molecule has 0 atom stereocenters. The van der Waals surface area contributed by atoms with Crippen molar-refractivity contribution in [1.29, 1.82) is 0 Å². The van der Waals surface area contributed by atoms with E-state index in [4.69, 9.17) is 5.11 Å². The van der Waals surface area contributed by atoms with Gasteiger partial charge in [0.25, 0.3) is 0 Å². The third-order valence-electron chi connectivity index (χ3n) is 5.45. The molecule has 3 aromatic rings. The van der Waals surface area contributed by atoms with Crippen molar-refractivity contribution in [3.05, 3.63) is 66.0 Å². The van der Waals surface area contributed by atoms with Crippen LogP contribution in [0, 0.1) is 5.82 Å². The third-order valence-corrected chi connectivity index (χ3v) is 5.45. The van der Waals surface area contributed by atoms with Gasteiger partial charge in [0.05, 0.1) is 11.1 Å². The standard InChI is InChI=1S/C21H18F2N4O3/c1-27(21(8-14(22)9-21)18-16(23)3-2-6-24-18)20-25-10-13(11-26-20)15-7-12(19(29)30)4-5-17(15)28/h2-7,10-11,14,28H,8-9H2,1H3,(H,29,30)/t14-,21-. The molecule has 0 bridgehead atoms. The number of alkyl halides is 1. The Balaban J connectivity index is 1.68. The fraction of sp³-hybridized carbons (Fsp3) is 0.238. The number of aromatic carboxylic acids is 1. The Labute approximate surface area is 170 Å². The fourth-order valence-corrected chi connectivity index (χ4v) is 3.75. The quantitative estimate of drug-likeness (QED) is 0.661. The lowest BCUT2D eigenvalue weighted by Crippen LogP contribution is -2.56. The second kappa shape index (κ2) is 7.33. The van der Waals surface area contributed by atoms with Crippen LogP contribution in [0.3, 0.4) is 0 Å². The Kier molecular flexibility index (Phi) is 4.81. The van der Waals surface area contributed by atoms with E-state index in [1.807, 2.05) is 0 Å². The first kappa shape index (κ1) is 19.7. The zero-order valence-corrected chi connectivity index (χ0v) is 16.0. The topological polar surface area (TPSA) is 99.4 Å². The zero-order chi connectivity index (χ0) is 21.5. The van der Waals surface area contributed by atoms with Gasteiger partial charge in [0.15, 0.2) is 0 Å². The van der Waals surface area contributed by atoms with Crippen LogP contribution in [0.15, 0.2) is 48.9 Å². The normalized spacial score (nSPS) is 20.4. The van der Waals surface area contributed by atoms with Gasteiger partial charge in [0.2, 0.25) is 5.95 Å². The van der Waals surface area contributed by atoms with Crippen molar-refractivity contribution in [3.8, 4) is 16.9 Å². The predicted octanol–water partition coefficient (Wildman–Crippen LogP) is 3.55. The van der Waals surface area contributed by atoms with Crippen LogP contribution in [0.2, 0.25) is 0 Å². The van der Waals surface area contributed by atoms with Crippen molar-refractivity contribution < 1.29 is 23.8 Å². The first-order valence-corrected chi connectivity index (χ1v) is 9.19. The summed E-state index contributed by atoms with van der Waals surface area (Å²) < 4.78 is 28.3. The number of phenols is 1. The lowest BCUT2D eigenvalue weighted by atomic mass is 9.71. The summed E-state index contributed by atoms with van der Waals surface area (Å²) in [7, 11) is 1.65. The summed E-state index contributed by atoms with van der Waals surface area (Å²) in [6, 6.07) is 6.66. The molecule has 7 nitrogen and oxygen atoms in total. The number of aromatic nitrogens is 3. The van der Waals surface area contributed by atoms with Crippen LogP contribution in [-0.4, -0.2) is 44.4 Å². The number of benzene rings is 1. The van der Waals surface area contributed by atoms with E-state index in [0.29, 0.717) is 5.56 Å². The molecule has 2 heterocycles. The molecule has 2 aromatic heterocycles. The number of carbonyl (C=O) groups is 1. The van der Waals surface area contributed by atoms with Crippen LogP contribution >= 0.6 is 0 Å². The van der Waals surface area contributed by atoms with E-state index in [2.05, 4.69) is 15.0 Å². The van der Waals surface area contributed by atoms with Crippen LogP contribution in [0.1, 0.15) is 28.9 Å². The average molecular weight is 412 g/mol. The number of nitrogens with zero attached hydrogens (tertiary/aromatic N) is 4. The van der Waals surface area contributed by atoms with Gasteiger partial charge in [-0.15, -0.1) is 0 Å². The Hall–Kier alpha value is -3.62. The largest absolute Gasteiger partial charge is 0.507 e. The number of hydrogen-bond donors (Lipinski definition) is 2. The highest BCUT2D eigenvalue weighted by atomic mass is 19.1. The summed E-state index contributed by atoms with van der Waals surface area (Å²) in [5.41, 5.74) is -0.180. The molecule has 154 valence electrons. The van der Waals surface area contributed by atoms with Gasteiger partial charge in [-0.1, -0.05) is 0 Å². The van der Waals surface area contributed by atoms with Gasteiger partial charge in [0, 0.05) is 49.6 Å². The molecule has 2 N–H and O–H groups in total. The van der Waals surface area contributed by atoms with Gasteiger partial charge in [-0.3, -0.25) is 4.98 Å². The van der Waals surface area contributed by atoms with E-state index in [1.165, 1.54) is 48.9 Å². The molecule has 0 saturated heterocycles. The number of aromatic hydroxyl groups is 1. The van der Waals surface area contributed by atoms with Gasteiger partial charge < -0.3 is 15.1 Å². The molecule has 0 amide bonds. The number of carboxylic acid groups (broad SMARTS) is 1. The second-order valence-corrected chi connectivity index (χ2v) is 7.24. The van der Waals surface area contributed by atoms with Gasteiger partial charge in [-0.25, -0.2) is 23.5 Å². The number of rotatable bonds is 5. The van der Waals surface area contributed by atoms with E-state index in [9.17, 15) is 18.7 Å². The lowest BCUT2D eigenvalue weighted by molar-refractivity contribution is 0.0696. The highest BCUT2D eigenvalue weighted by molar-refractivity contribution is 5.90. The van der Waals surface area contributed by atoms with E-state index in [-0.39, 0.29) is 41.4 Å². The maximum absolute atomic E-state index is 14.4. The highest BCUT2D eigenvalue weighted by Crippen LogP contribution is 2.48. The summed E-state index contributed by atoms with van der Waals surface area (Å²) in [6.45, 7) is 0. The summed E-state index contributed by atoms with van der Waals surface area (Å²) in [4.78, 5) is 25.5. The van der Waals surface area contributed by atoms with Gasteiger partial charge in [-0.05, 0) is 30.3 Å². The van der Waals surface area contributed by atoms with Crippen LogP contribution in [0.25, 0.3) is 11.1 Å². The minimum absolute atomic E-state index is 0.0111. The predicted molar refractivity (Wildman–Crippen MR) is 104 cm³/mol. The first-order chi connectivity index (χ1) is 14.3. The van der Waals surface area contributed by atoms with Crippen molar-refractivity contribution >= 4 is 11.9 Å². The molecular weight excluding hydrogens is 394 g/mol. The molecule has 0 aliphatic heterocycles. The molecule has 0 radical (unpaired) electrons. The molecule has 0 spiro atoms. The molecule has 1 saturated carbocycles. The molecule has 4 rings (SSSR count). The van der Waals surface area contributed by atoms with Crippen LogP contribution < -0.4 is 4.90 Å². The minimum Gasteiger partial charge on any atom is -0.507 e. The third kappa shape index (κ3) is 3.22. The Morgan fingerprint density at radius 1 is 1.20 bits per heavy atom. The minimum atomic E-state index is -1.13. The maximum atomic E-state index is 14.4. The number of carboxylic acids is 1. The SMILES string of the molecule is CN(c1ncc(-c2cc(C(=O)O)ccc2O)cn1)[C@]1(c2ncccc2F)C[C@@H](F)C1. The number of hydrogen-bond acceptors (Lipinski definition) is 6. The Morgan fingerprint density at radius 3 is 2.50 bits per heavy atom. The first-order valence-electron chi connectivity index (χ1n) is 9.19. The number of phenolic OH excluding ortho intramolecular Hbond substituents is 1. The Bertz CT molecular complexity index is 1100. The molecular formula is C21H18F2N4O3. The van der Waals surface area contributed by atoms with Crippen LogP contribution in [0.4, 0.5) is 14.7 Å². The molecule has 1 aliphatic rings. The van der Waals surface area contributed by atoms with Crippen molar-refractivity contribution in [2.24, 2.45) is 0 Å². The number of pyridine rings is 1. The summed E-state index contributed by atoms with van der Waals surface area (Å²) in [6.07, 6.45) is 3.35. The van der Waals surface area contributed by atoms with Gasteiger partial charge in [0.1, 0.15) is 23.4 Å². The van der Waals surface area contributed by atoms with Gasteiger partial charge >= 0.3 is 5.97 Å². The van der Waals surface area contributed by atoms with E-state index >= 15 is 0 Å². The number of halogens is 2. The van der Waals surface area contributed by atoms with E-state index in [1.54, 1.807) is 11.9 Å². The molecule has 1 fully saturated rings. The lowest BCUT2D eigenvalue weighted by Gasteiger charge is -2.49. The van der Waals surface area contributed by atoms with Crippen molar-refractivity contribution in [1.82, 2.24) is 15.0 Å². The molecule has 9 heteroatoms. The van der Waals surface area contributed by atoms with Crippen molar-refractivity contribution in [2.45, 2.75) is 24.6 Å². The molecule has 1 aromatic carbocycles.